The predicted molar refractivity (Wildman–Crippen MR) is 291 cm³/mol. The van der Waals surface area contributed by atoms with E-state index >= 15 is 0 Å². The van der Waals surface area contributed by atoms with Crippen LogP contribution in [-0.2, 0) is 54.0 Å². The highest BCUT2D eigenvalue weighted by molar-refractivity contribution is 5.93. The number of benzene rings is 1. The molecule has 0 aliphatic carbocycles. The first-order chi connectivity index (χ1) is 36.4. The van der Waals surface area contributed by atoms with Crippen molar-refractivity contribution < 1.29 is 77.9 Å². The smallest absolute Gasteiger partial charge is 0.341 e. The fourth-order valence-corrected chi connectivity index (χ4v) is 11.8. The number of likely N-dealkylation sites (N-methyl/N-ethyl adjacent to an activating group) is 1. The molecule has 1 aromatic carbocycles. The lowest BCUT2D eigenvalue weighted by atomic mass is 9.73. The second-order valence-electron chi connectivity index (χ2n) is 23.1. The van der Waals surface area contributed by atoms with Crippen molar-refractivity contribution >= 4 is 34.5 Å². The zero-order valence-corrected chi connectivity index (χ0v) is 48.8. The van der Waals surface area contributed by atoms with Crippen LogP contribution in [0.2, 0.25) is 0 Å². The van der Waals surface area contributed by atoms with Gasteiger partial charge in [-0.15, -0.1) is 0 Å². The number of esters is 2. The molecule has 0 bridgehead atoms. The van der Waals surface area contributed by atoms with Crippen molar-refractivity contribution in [3.63, 3.8) is 0 Å². The third-order valence-electron chi connectivity index (χ3n) is 16.3. The van der Waals surface area contributed by atoms with E-state index in [2.05, 4.69) is 10.5 Å². The van der Waals surface area contributed by atoms with Crippen molar-refractivity contribution in [2.45, 2.75) is 198 Å². The first kappa shape index (κ1) is 64.5. The first-order valence-corrected chi connectivity index (χ1v) is 27.4. The summed E-state index contributed by atoms with van der Waals surface area (Å²) in [5.41, 5.74) is -4.03. The molecule has 0 amide bonds. The summed E-state index contributed by atoms with van der Waals surface area (Å²) in [5, 5.41) is 67.7. The van der Waals surface area contributed by atoms with E-state index in [0.717, 1.165) is 5.56 Å². The number of nitrogens with one attached hydrogen (secondary N) is 1. The van der Waals surface area contributed by atoms with Crippen molar-refractivity contribution in [2.24, 2.45) is 28.8 Å². The lowest BCUT2D eigenvalue weighted by molar-refractivity contribution is -0.318. The third kappa shape index (κ3) is 14.8. The monoisotopic (exact) mass is 1110 g/mol. The van der Waals surface area contributed by atoms with Gasteiger partial charge in [-0.25, -0.2) is 4.79 Å². The Kier molecular flexibility index (Phi) is 22.3. The van der Waals surface area contributed by atoms with Gasteiger partial charge >= 0.3 is 17.9 Å². The number of cyclic esters (lactones) is 1. The Bertz CT molecular complexity index is 2430. The van der Waals surface area contributed by atoms with E-state index in [9.17, 15) is 44.7 Å². The van der Waals surface area contributed by atoms with E-state index in [1.165, 1.54) is 27.3 Å². The quantitative estimate of drug-likeness (QED) is 0.0707. The molecule has 3 aliphatic rings. The summed E-state index contributed by atoms with van der Waals surface area (Å²) >= 11 is 0. The van der Waals surface area contributed by atoms with E-state index in [0.29, 0.717) is 49.0 Å². The van der Waals surface area contributed by atoms with E-state index in [1.54, 1.807) is 84.4 Å². The summed E-state index contributed by atoms with van der Waals surface area (Å²) in [6.07, 6.45) is -7.38. The van der Waals surface area contributed by atoms with Gasteiger partial charge in [0.2, 0.25) is 5.43 Å². The lowest BCUT2D eigenvalue weighted by Crippen LogP contribution is -2.61. The van der Waals surface area contributed by atoms with Gasteiger partial charge in [0.25, 0.3) is 0 Å². The van der Waals surface area contributed by atoms with Crippen molar-refractivity contribution in [3.8, 4) is 0 Å². The molecule has 3 fully saturated rings. The molecule has 1 unspecified atom stereocenters. The van der Waals surface area contributed by atoms with E-state index in [1.807, 2.05) is 38.9 Å². The maximum atomic E-state index is 14.6. The van der Waals surface area contributed by atoms with Gasteiger partial charge in [-0.1, -0.05) is 38.9 Å². The van der Waals surface area contributed by atoms with Crippen LogP contribution in [0.5, 0.6) is 0 Å². The fraction of sp³-hybridized carbons (Fsp3) is 0.768. The average molecular weight is 1110 g/mol. The predicted octanol–water partition coefficient (Wildman–Crippen LogP) is 3.59. The molecular formula is C56H91N5O17. The highest BCUT2D eigenvalue weighted by atomic mass is 16.7. The summed E-state index contributed by atoms with van der Waals surface area (Å²) in [7, 11) is 10.1. The molecule has 1 aromatic heterocycles. The number of carbonyl (C=O) groups is 3. The molecule has 6 N–H and O–H groups in total. The van der Waals surface area contributed by atoms with Crippen LogP contribution in [0.25, 0.3) is 10.9 Å². The van der Waals surface area contributed by atoms with Crippen molar-refractivity contribution in [3.05, 3.63) is 45.7 Å². The SMILES string of the molecule is CC[C@H]1OC(=O)[C@H](C)[C@@H](O[C@H]2C[C@@](C)(OC)[C@@H](OC(=O)CCNCCCc3ccc4c(c3)c(=O)c(C(=O)O)cn4N(C)C)[C@H](C)O2)[C@H](C)[C@@H](O[C@@H]2O[C@H](C)C[C@H](N(C)C)[C@H]2O)[C@](C)(O)C[C@@H](C)/C(=N\OC)C(C)[C@@H](O)[C@]1(C)O. The molecule has 78 heavy (non-hydrogen) atoms. The van der Waals surface area contributed by atoms with Gasteiger partial charge in [-0.2, -0.15) is 0 Å². The van der Waals surface area contributed by atoms with Gasteiger partial charge in [0.05, 0.1) is 59.7 Å². The van der Waals surface area contributed by atoms with Crippen LogP contribution < -0.4 is 15.8 Å². The fourth-order valence-electron chi connectivity index (χ4n) is 11.8. The average Bonchev–Trinajstić information content (AvgIpc) is 3.44. The number of hydrogen-bond donors (Lipinski definition) is 6. The molecular weight excluding hydrogens is 1010 g/mol. The molecule has 2 aromatic rings. The number of aliphatic hydroxyl groups excluding tert-OH is 2. The molecule has 18 atom stereocenters. The topological polar surface area (TPSA) is 279 Å². The van der Waals surface area contributed by atoms with Gasteiger partial charge in [-0.3, -0.25) is 19.1 Å². The van der Waals surface area contributed by atoms with Crippen LogP contribution in [0, 0.1) is 23.7 Å². The number of pyridine rings is 1. The summed E-state index contributed by atoms with van der Waals surface area (Å²) in [6, 6.07) is 5.07. The lowest BCUT2D eigenvalue weighted by Gasteiger charge is -2.49. The molecule has 22 nitrogen and oxygen atoms in total. The maximum Gasteiger partial charge on any atom is 0.341 e. The van der Waals surface area contributed by atoms with Crippen LogP contribution in [0.1, 0.15) is 124 Å². The Labute approximate surface area is 459 Å². The maximum absolute atomic E-state index is 14.6. The summed E-state index contributed by atoms with van der Waals surface area (Å²) in [4.78, 5) is 60.1. The number of carbonyl (C=O) groups excluding carboxylic acids is 2. The summed E-state index contributed by atoms with van der Waals surface area (Å²) < 4.78 is 46.4. The van der Waals surface area contributed by atoms with E-state index < -0.39 is 119 Å². The van der Waals surface area contributed by atoms with Crippen LogP contribution >= 0.6 is 0 Å². The summed E-state index contributed by atoms with van der Waals surface area (Å²) in [6.45, 7) is 17.8. The van der Waals surface area contributed by atoms with Gasteiger partial charge in [0.1, 0.15) is 36.1 Å². The normalized spacial score (nSPS) is 37.0. The Balaban J connectivity index is 1.36. The largest absolute Gasteiger partial charge is 0.477 e. The molecule has 3 saturated heterocycles. The number of hydrogen-bond acceptors (Lipinski definition) is 20. The number of methoxy groups -OCH3 is 1. The van der Waals surface area contributed by atoms with E-state index in [4.69, 9.17) is 38.0 Å². The Morgan fingerprint density at radius 3 is 2.21 bits per heavy atom. The van der Waals surface area contributed by atoms with Crippen LogP contribution in [0.15, 0.2) is 34.3 Å². The minimum Gasteiger partial charge on any atom is -0.477 e. The van der Waals surface area contributed by atoms with Crippen molar-refractivity contribution in [1.29, 1.82) is 0 Å². The van der Waals surface area contributed by atoms with Gasteiger partial charge in [0, 0.05) is 69.5 Å². The molecule has 5 rings (SSSR count). The number of aromatic nitrogens is 1. The number of aromatic carboxylic acids is 1. The Hall–Kier alpha value is -4.33. The molecule has 22 heteroatoms. The Morgan fingerprint density at radius 2 is 1.60 bits per heavy atom. The molecule has 0 radical (unpaired) electrons. The van der Waals surface area contributed by atoms with E-state index in [-0.39, 0.29) is 43.4 Å². The van der Waals surface area contributed by atoms with Gasteiger partial charge < -0.3 is 78.8 Å². The molecule has 0 spiro atoms. The third-order valence-corrected chi connectivity index (χ3v) is 16.3. The highest BCUT2D eigenvalue weighted by Crippen LogP contribution is 2.42. The highest BCUT2D eigenvalue weighted by Gasteiger charge is 2.54. The number of aryl methyl sites for hydroxylation is 1. The molecule has 3 aliphatic heterocycles. The van der Waals surface area contributed by atoms with Gasteiger partial charge in [-0.05, 0) is 112 Å². The van der Waals surface area contributed by atoms with Crippen LogP contribution in [0.4, 0.5) is 0 Å². The van der Waals surface area contributed by atoms with Crippen molar-refractivity contribution in [1.82, 2.24) is 14.9 Å². The number of oxime groups is 1. The van der Waals surface area contributed by atoms with Gasteiger partial charge in [0.15, 0.2) is 18.7 Å². The standard InChI is InChI=1S/C56H91N5O17/c1-17-41-56(10,70)48(65)32(4)44(58-72-16)30(2)27-54(8,69)49(78-53-46(64)40(59(11)12)25-31(3)73-53)33(5)47(34(6)52(68)75-41)77-43-28-55(9,71-15)50(35(7)74-43)76-42(62)22-24-57-23-18-19-36-20-21-39-37(26-36)45(63)38(51(66)67)29-61(39)60(13)14/h20-21,26,29-35,40-41,43,46-50,53,57,64-65,69-70H,17-19,22-25,27-28H2,1-16H3,(H,66,67)/b58-44+/t30-,31-,32?,33+,34-,35+,40+,41-,43+,46-,47+,48-,49-,50+,53+,54-,55-,56-/m1/s1. The second-order valence-corrected chi connectivity index (χ2v) is 23.1. The van der Waals surface area contributed by atoms with Crippen molar-refractivity contribution in [2.75, 3.05) is 60.5 Å². The second kappa shape index (κ2) is 27.0. The number of fused-ring (bicyclic) bond motifs is 1. The molecule has 442 valence electrons. The Morgan fingerprint density at radius 1 is 0.923 bits per heavy atom. The first-order valence-electron chi connectivity index (χ1n) is 27.4. The molecule has 4 heterocycles. The molecule has 0 saturated carbocycles. The number of rotatable bonds is 18. The number of ether oxygens (including phenoxy) is 7. The zero-order chi connectivity index (χ0) is 58.4. The number of aliphatic hydroxyl groups is 4. The number of carboxylic acids is 1. The van der Waals surface area contributed by atoms with Crippen LogP contribution in [-0.4, -0.2) is 198 Å². The summed E-state index contributed by atoms with van der Waals surface area (Å²) in [5.74, 6) is -6.05. The number of carboxylic acid groups (broad SMARTS) is 1. The zero-order valence-electron chi connectivity index (χ0n) is 48.8. The number of nitrogens with zero attached hydrogens (tertiary/aromatic N) is 4. The minimum atomic E-state index is -1.98. The minimum absolute atomic E-state index is 0.0169. The van der Waals surface area contributed by atoms with Crippen LogP contribution in [0.3, 0.4) is 0 Å².